The molecule has 25 heavy (non-hydrogen) atoms. The normalized spacial score (nSPS) is 13.7. The van der Waals surface area contributed by atoms with Crippen LogP contribution in [0.1, 0.15) is 20.8 Å². The Morgan fingerprint density at radius 3 is 2.72 bits per heavy atom. The minimum atomic E-state index is -2.16. The Bertz CT molecular complexity index is 1200. The van der Waals surface area contributed by atoms with Crippen LogP contribution in [0, 0.1) is 20.7 Å². The fourth-order valence-corrected chi connectivity index (χ4v) is 3.52. The third-order valence-electron chi connectivity index (χ3n) is 4.86. The van der Waals surface area contributed by atoms with Gasteiger partial charge in [-0.2, -0.15) is 4.57 Å². The van der Waals surface area contributed by atoms with Crippen molar-refractivity contribution < 1.29 is 8.68 Å². The van der Waals surface area contributed by atoms with Gasteiger partial charge in [-0.05, 0) is 43.0 Å². The molecule has 0 N–H and O–H groups in total. The molecule has 0 aliphatic rings. The van der Waals surface area contributed by atoms with E-state index in [9.17, 15) is 0 Å². The first kappa shape index (κ1) is 12.5. The molecule has 4 aromatic rings. The molecular weight excluding hydrogens is 308 g/mol. The SMILES string of the molecule is [2H]C([2H])([2H])c1cccc(C)c1-c1c[n+](C)c(-c2cn3ccnc3n2C)cc1C. The number of aromatic nitrogens is 4. The van der Waals surface area contributed by atoms with Gasteiger partial charge in [0.15, 0.2) is 6.20 Å². The van der Waals surface area contributed by atoms with E-state index in [1.54, 1.807) is 12.3 Å². The zero-order chi connectivity index (χ0) is 20.2. The van der Waals surface area contributed by atoms with E-state index in [-0.39, 0.29) is 0 Å². The summed E-state index contributed by atoms with van der Waals surface area (Å²) in [7, 11) is 3.98. The largest absolute Gasteiger partial charge is 0.308 e. The van der Waals surface area contributed by atoms with Gasteiger partial charge in [0.2, 0.25) is 11.5 Å². The first-order chi connectivity index (χ1) is 13.2. The Hall–Kier alpha value is -2.88. The maximum absolute atomic E-state index is 7.95. The van der Waals surface area contributed by atoms with Crippen LogP contribution >= 0.6 is 0 Å². The molecule has 3 heterocycles. The monoisotopic (exact) mass is 334 g/mol. The van der Waals surface area contributed by atoms with Crippen molar-refractivity contribution in [1.29, 1.82) is 0 Å². The van der Waals surface area contributed by atoms with Gasteiger partial charge in [-0.25, -0.2) is 4.98 Å². The van der Waals surface area contributed by atoms with Crippen LogP contribution in [-0.4, -0.2) is 14.0 Å². The lowest BCUT2D eigenvalue weighted by molar-refractivity contribution is -0.660. The highest BCUT2D eigenvalue weighted by Crippen LogP contribution is 2.30. The van der Waals surface area contributed by atoms with E-state index in [4.69, 9.17) is 4.11 Å². The summed E-state index contributed by atoms with van der Waals surface area (Å²) in [4.78, 5) is 4.39. The Morgan fingerprint density at radius 1 is 1.16 bits per heavy atom. The van der Waals surface area contributed by atoms with Crippen LogP contribution in [0.15, 0.2) is 49.1 Å². The topological polar surface area (TPSA) is 26.1 Å². The van der Waals surface area contributed by atoms with Gasteiger partial charge in [0.05, 0.1) is 0 Å². The van der Waals surface area contributed by atoms with Gasteiger partial charge in [0.1, 0.15) is 12.7 Å². The zero-order valence-electron chi connectivity index (χ0n) is 17.9. The molecule has 4 nitrogen and oxygen atoms in total. The van der Waals surface area contributed by atoms with E-state index in [0.717, 1.165) is 39.4 Å². The van der Waals surface area contributed by atoms with Gasteiger partial charge in [-0.15, -0.1) is 0 Å². The molecule has 0 saturated carbocycles. The molecule has 0 amide bonds. The minimum Gasteiger partial charge on any atom is -0.308 e. The highest BCUT2D eigenvalue weighted by molar-refractivity contribution is 5.73. The summed E-state index contributed by atoms with van der Waals surface area (Å²) in [6, 6.07) is 7.59. The highest BCUT2D eigenvalue weighted by Gasteiger charge is 2.20. The average Bonchev–Trinajstić information content (AvgIpc) is 3.19. The van der Waals surface area contributed by atoms with Crippen molar-refractivity contribution in [3.05, 3.63) is 65.7 Å². The van der Waals surface area contributed by atoms with Crippen LogP contribution in [0.25, 0.3) is 28.3 Å². The number of hydrogen-bond donors (Lipinski definition) is 0. The summed E-state index contributed by atoms with van der Waals surface area (Å²) in [6.45, 7) is 1.83. The van der Waals surface area contributed by atoms with Crippen LogP contribution in [0.2, 0.25) is 0 Å². The van der Waals surface area contributed by atoms with Crippen LogP contribution in [0.5, 0.6) is 0 Å². The number of pyridine rings is 1. The molecule has 0 spiro atoms. The third-order valence-corrected chi connectivity index (χ3v) is 4.86. The molecule has 0 aliphatic heterocycles. The molecule has 0 unspecified atom stereocenters. The first-order valence-electron chi connectivity index (χ1n) is 9.78. The molecule has 0 bridgehead atoms. The molecule has 3 aromatic heterocycles. The van der Waals surface area contributed by atoms with Crippen molar-refractivity contribution in [1.82, 2.24) is 14.0 Å². The number of rotatable bonds is 2. The molecule has 0 aliphatic carbocycles. The van der Waals surface area contributed by atoms with Crippen molar-refractivity contribution in [2.24, 2.45) is 14.1 Å². The summed E-state index contributed by atoms with van der Waals surface area (Å²) < 4.78 is 29.9. The standard InChI is InChI=1S/C21H23N4/c1-14-7-6-8-15(2)20(14)17-12-23(4)18(11-16(17)3)19-13-25-10-9-22-21(25)24(19)5/h6-13H,1-5H3/q+1/i1D3. The summed E-state index contributed by atoms with van der Waals surface area (Å²) in [6.07, 6.45) is 7.79. The molecule has 0 fully saturated rings. The number of benzene rings is 1. The van der Waals surface area contributed by atoms with E-state index in [0.29, 0.717) is 5.56 Å². The Morgan fingerprint density at radius 2 is 1.96 bits per heavy atom. The van der Waals surface area contributed by atoms with Crippen molar-refractivity contribution in [3.63, 3.8) is 0 Å². The van der Waals surface area contributed by atoms with Gasteiger partial charge in [-0.3, -0.25) is 4.40 Å². The predicted molar refractivity (Wildman–Crippen MR) is 100 cm³/mol. The van der Waals surface area contributed by atoms with Crippen LogP contribution in [-0.2, 0) is 14.1 Å². The van der Waals surface area contributed by atoms with Crippen LogP contribution in [0.3, 0.4) is 0 Å². The van der Waals surface area contributed by atoms with Crippen molar-refractivity contribution in [3.8, 4) is 22.5 Å². The fraction of sp³-hybridized carbons (Fsp3) is 0.238. The Labute approximate surface area is 152 Å². The summed E-state index contributed by atoms with van der Waals surface area (Å²) in [5, 5.41) is 0. The van der Waals surface area contributed by atoms with E-state index in [1.807, 2.05) is 61.4 Å². The lowest BCUT2D eigenvalue weighted by Crippen LogP contribution is -2.32. The lowest BCUT2D eigenvalue weighted by Gasteiger charge is -2.12. The van der Waals surface area contributed by atoms with Gasteiger partial charge >= 0.3 is 0 Å². The predicted octanol–water partition coefficient (Wildman–Crippen LogP) is 3.76. The number of nitrogens with zero attached hydrogens (tertiary/aromatic N) is 4. The second-order valence-corrected chi connectivity index (χ2v) is 6.57. The van der Waals surface area contributed by atoms with E-state index in [1.165, 1.54) is 0 Å². The summed E-state index contributed by atoms with van der Waals surface area (Å²) in [5.41, 5.74) is 6.20. The fourth-order valence-electron chi connectivity index (χ4n) is 3.52. The minimum absolute atomic E-state index is 0.390. The van der Waals surface area contributed by atoms with Crippen LogP contribution < -0.4 is 4.57 Å². The molecule has 4 rings (SSSR count). The van der Waals surface area contributed by atoms with Crippen molar-refractivity contribution in [2.45, 2.75) is 20.7 Å². The van der Waals surface area contributed by atoms with Crippen LogP contribution in [0.4, 0.5) is 0 Å². The molecule has 0 radical (unpaired) electrons. The molecule has 4 heteroatoms. The van der Waals surface area contributed by atoms with Crippen molar-refractivity contribution in [2.75, 3.05) is 0 Å². The summed E-state index contributed by atoms with van der Waals surface area (Å²) in [5.74, 6) is 0.875. The molecular formula is C21H23N4+. The van der Waals surface area contributed by atoms with E-state index >= 15 is 0 Å². The third kappa shape index (κ3) is 2.37. The number of aryl methyl sites for hydroxylation is 5. The maximum Gasteiger partial charge on any atom is 0.230 e. The number of imidazole rings is 2. The number of fused-ring (bicyclic) bond motifs is 1. The van der Waals surface area contributed by atoms with Gasteiger partial charge in [0.25, 0.3) is 0 Å². The van der Waals surface area contributed by atoms with Gasteiger partial charge in [0, 0.05) is 41.4 Å². The quantitative estimate of drug-likeness (QED) is 0.513. The highest BCUT2D eigenvalue weighted by atomic mass is 15.2. The number of hydrogen-bond acceptors (Lipinski definition) is 1. The Kier molecular flexibility index (Phi) is 2.79. The maximum atomic E-state index is 7.95. The second-order valence-electron chi connectivity index (χ2n) is 6.57. The van der Waals surface area contributed by atoms with Gasteiger partial charge in [-0.1, -0.05) is 18.2 Å². The molecule has 1 aromatic carbocycles. The van der Waals surface area contributed by atoms with Crippen molar-refractivity contribution >= 4 is 5.78 Å². The average molecular weight is 334 g/mol. The zero-order valence-corrected chi connectivity index (χ0v) is 14.9. The molecule has 0 atom stereocenters. The second kappa shape index (κ2) is 5.59. The lowest BCUT2D eigenvalue weighted by atomic mass is 9.93. The molecule has 0 saturated heterocycles. The Balaban J connectivity index is 1.93. The first-order valence-corrected chi connectivity index (χ1v) is 8.28. The van der Waals surface area contributed by atoms with Gasteiger partial charge < -0.3 is 4.57 Å². The molecule has 126 valence electrons. The smallest absolute Gasteiger partial charge is 0.230 e. The van der Waals surface area contributed by atoms with E-state index in [2.05, 4.69) is 21.8 Å². The summed E-state index contributed by atoms with van der Waals surface area (Å²) >= 11 is 0. The van der Waals surface area contributed by atoms with E-state index < -0.39 is 6.85 Å².